The van der Waals surface area contributed by atoms with Gasteiger partial charge in [0.15, 0.2) is 0 Å². The first-order valence-corrected chi connectivity index (χ1v) is 7.41. The van der Waals surface area contributed by atoms with Crippen LogP contribution < -0.4 is 5.32 Å². The van der Waals surface area contributed by atoms with Gasteiger partial charge in [0.05, 0.1) is 12.9 Å². The summed E-state index contributed by atoms with van der Waals surface area (Å²) >= 11 is 0. The smallest absolute Gasteiger partial charge is 0.0950 e. The molecule has 0 aliphatic rings. The largest absolute Gasteiger partial charge is 0.501 e. The molecular weight excluding hydrogens is 246 g/mol. The van der Waals surface area contributed by atoms with E-state index in [0.717, 1.165) is 31.6 Å². The fourth-order valence-corrected chi connectivity index (χ4v) is 2.03. The zero-order valence-electron chi connectivity index (χ0n) is 12.9. The summed E-state index contributed by atoms with van der Waals surface area (Å²) in [6.45, 7) is 5.16. The molecule has 1 atom stereocenters. The molecule has 0 spiro atoms. The molecule has 0 heterocycles. The number of benzene rings is 1. The van der Waals surface area contributed by atoms with Gasteiger partial charge in [0, 0.05) is 19.0 Å². The van der Waals surface area contributed by atoms with Crippen molar-refractivity contribution in [1.82, 2.24) is 5.32 Å². The minimum absolute atomic E-state index is 0.531. The van der Waals surface area contributed by atoms with E-state index >= 15 is 0 Å². The van der Waals surface area contributed by atoms with E-state index in [1.54, 1.807) is 7.11 Å². The van der Waals surface area contributed by atoms with Crippen LogP contribution in [0.4, 0.5) is 0 Å². The number of rotatable bonds is 9. The van der Waals surface area contributed by atoms with E-state index in [0.29, 0.717) is 6.04 Å². The van der Waals surface area contributed by atoms with Crippen molar-refractivity contribution in [2.45, 2.75) is 45.7 Å². The van der Waals surface area contributed by atoms with Gasteiger partial charge in [-0.05, 0) is 31.4 Å². The molecule has 1 aromatic carbocycles. The zero-order valence-corrected chi connectivity index (χ0v) is 12.9. The summed E-state index contributed by atoms with van der Waals surface area (Å²) in [4.78, 5) is 0. The molecule has 0 aliphatic carbocycles. The van der Waals surface area contributed by atoms with Crippen LogP contribution in [-0.4, -0.2) is 13.2 Å². The summed E-state index contributed by atoms with van der Waals surface area (Å²) in [7, 11) is 1.72. The van der Waals surface area contributed by atoms with Crippen molar-refractivity contribution in [3.05, 3.63) is 59.9 Å². The average molecular weight is 273 g/mol. The van der Waals surface area contributed by atoms with E-state index in [4.69, 9.17) is 4.74 Å². The highest BCUT2D eigenvalue weighted by molar-refractivity contribution is 5.14. The van der Waals surface area contributed by atoms with Crippen LogP contribution in [-0.2, 0) is 11.3 Å². The van der Waals surface area contributed by atoms with E-state index in [1.807, 2.05) is 13.0 Å². The first kappa shape index (κ1) is 16.5. The van der Waals surface area contributed by atoms with Crippen LogP contribution >= 0.6 is 0 Å². The fraction of sp³-hybridized carbons (Fsp3) is 0.444. The van der Waals surface area contributed by atoms with E-state index in [2.05, 4.69) is 54.7 Å². The van der Waals surface area contributed by atoms with Gasteiger partial charge < -0.3 is 10.1 Å². The highest BCUT2D eigenvalue weighted by Crippen LogP contribution is 2.06. The van der Waals surface area contributed by atoms with Gasteiger partial charge in [-0.3, -0.25) is 0 Å². The lowest BCUT2D eigenvalue weighted by Gasteiger charge is -2.15. The molecule has 2 heteroatoms. The van der Waals surface area contributed by atoms with Gasteiger partial charge in [-0.1, -0.05) is 49.4 Å². The van der Waals surface area contributed by atoms with Crippen molar-refractivity contribution in [3.63, 3.8) is 0 Å². The number of hydrogen-bond acceptors (Lipinski definition) is 2. The highest BCUT2D eigenvalue weighted by atomic mass is 16.5. The van der Waals surface area contributed by atoms with Gasteiger partial charge >= 0.3 is 0 Å². The Morgan fingerprint density at radius 1 is 1.25 bits per heavy atom. The summed E-state index contributed by atoms with van der Waals surface area (Å²) in [5.74, 6) is 1.02. The molecule has 2 nitrogen and oxygen atoms in total. The lowest BCUT2D eigenvalue weighted by atomic mass is 10.1. The summed E-state index contributed by atoms with van der Waals surface area (Å²) in [5, 5.41) is 3.60. The molecule has 20 heavy (non-hydrogen) atoms. The molecular formula is C18H27NO. The number of allylic oxidation sites excluding steroid dienone is 2. The van der Waals surface area contributed by atoms with Crippen molar-refractivity contribution >= 4 is 0 Å². The molecule has 1 aromatic rings. The maximum absolute atomic E-state index is 5.23. The fourth-order valence-electron chi connectivity index (χ4n) is 2.03. The first-order valence-electron chi connectivity index (χ1n) is 7.41. The van der Waals surface area contributed by atoms with E-state index in [-0.39, 0.29) is 0 Å². The normalized spacial score (nSPS) is 13.7. The molecule has 0 fully saturated rings. The van der Waals surface area contributed by atoms with Crippen LogP contribution in [0.3, 0.4) is 0 Å². The summed E-state index contributed by atoms with van der Waals surface area (Å²) in [5.41, 5.74) is 1.34. The quantitative estimate of drug-likeness (QED) is 0.530. The highest BCUT2D eigenvalue weighted by Gasteiger charge is 2.03. The van der Waals surface area contributed by atoms with Gasteiger partial charge in [0.25, 0.3) is 0 Å². The third kappa shape index (κ3) is 6.58. The molecule has 0 unspecified atom stereocenters. The first-order chi connectivity index (χ1) is 9.80. The van der Waals surface area contributed by atoms with Crippen molar-refractivity contribution in [3.8, 4) is 0 Å². The minimum Gasteiger partial charge on any atom is -0.501 e. The minimum atomic E-state index is 0.531. The number of ether oxygens (including phenoxy) is 1. The Labute approximate surface area is 123 Å². The predicted molar refractivity (Wildman–Crippen MR) is 86.5 cm³/mol. The SMILES string of the molecule is C/C=C(\C/C=C/C[C@@H](CC)NCc1ccccc1)OC. The standard InChI is InChI=1S/C18H27NO/c1-4-17(13-9-10-14-18(5-2)20-3)19-15-16-11-7-6-8-12-16/h5-12,17,19H,4,13-15H2,1-3H3/b10-9+,18-5+/t17-/m1/s1. The number of methoxy groups -OCH3 is 1. The predicted octanol–water partition coefficient (Wildman–Crippen LogP) is 4.44. The van der Waals surface area contributed by atoms with Gasteiger partial charge in [-0.25, -0.2) is 0 Å². The Balaban J connectivity index is 2.31. The van der Waals surface area contributed by atoms with Crippen LogP contribution in [0.25, 0.3) is 0 Å². The van der Waals surface area contributed by atoms with E-state index in [1.165, 1.54) is 5.56 Å². The van der Waals surface area contributed by atoms with Crippen molar-refractivity contribution in [1.29, 1.82) is 0 Å². The molecule has 1 N–H and O–H groups in total. The van der Waals surface area contributed by atoms with Crippen LogP contribution in [0, 0.1) is 0 Å². The molecule has 1 rings (SSSR count). The van der Waals surface area contributed by atoms with Crippen LogP contribution in [0.5, 0.6) is 0 Å². The molecule has 0 amide bonds. The van der Waals surface area contributed by atoms with Crippen molar-refractivity contribution in [2.75, 3.05) is 7.11 Å². The van der Waals surface area contributed by atoms with Crippen molar-refractivity contribution < 1.29 is 4.74 Å². The van der Waals surface area contributed by atoms with Crippen LogP contribution in [0.1, 0.15) is 38.7 Å². The number of nitrogens with one attached hydrogen (secondary N) is 1. The summed E-state index contributed by atoms with van der Waals surface area (Å²) < 4.78 is 5.23. The molecule has 0 radical (unpaired) electrons. The van der Waals surface area contributed by atoms with Crippen molar-refractivity contribution in [2.24, 2.45) is 0 Å². The van der Waals surface area contributed by atoms with E-state index < -0.39 is 0 Å². The van der Waals surface area contributed by atoms with Crippen LogP contribution in [0.2, 0.25) is 0 Å². The third-order valence-electron chi connectivity index (χ3n) is 3.42. The molecule has 0 saturated carbocycles. The molecule has 0 saturated heterocycles. The molecule has 0 aromatic heterocycles. The second-order valence-electron chi connectivity index (χ2n) is 4.84. The molecule has 0 bridgehead atoms. The summed E-state index contributed by atoms with van der Waals surface area (Å²) in [6.07, 6.45) is 9.51. The molecule has 110 valence electrons. The Morgan fingerprint density at radius 3 is 2.60 bits per heavy atom. The monoisotopic (exact) mass is 273 g/mol. The second-order valence-corrected chi connectivity index (χ2v) is 4.84. The number of hydrogen-bond donors (Lipinski definition) is 1. The summed E-state index contributed by atoms with van der Waals surface area (Å²) in [6, 6.07) is 11.1. The second kappa shape index (κ2) is 10.3. The third-order valence-corrected chi connectivity index (χ3v) is 3.42. The van der Waals surface area contributed by atoms with Gasteiger partial charge in [-0.15, -0.1) is 0 Å². The Bertz CT molecular complexity index is 409. The topological polar surface area (TPSA) is 21.3 Å². The Kier molecular flexibility index (Phi) is 8.48. The van der Waals surface area contributed by atoms with Crippen LogP contribution in [0.15, 0.2) is 54.3 Å². The molecule has 0 aliphatic heterocycles. The maximum Gasteiger partial charge on any atom is 0.0950 e. The van der Waals surface area contributed by atoms with E-state index in [9.17, 15) is 0 Å². The lowest BCUT2D eigenvalue weighted by Crippen LogP contribution is -2.27. The maximum atomic E-state index is 5.23. The zero-order chi connectivity index (χ0) is 14.6. The average Bonchev–Trinajstić information content (AvgIpc) is 2.51. The van der Waals surface area contributed by atoms with Gasteiger partial charge in [0.2, 0.25) is 0 Å². The Morgan fingerprint density at radius 2 is 2.00 bits per heavy atom. The lowest BCUT2D eigenvalue weighted by molar-refractivity contribution is 0.284. The van der Waals surface area contributed by atoms with Gasteiger partial charge in [0.1, 0.15) is 0 Å². The Hall–Kier alpha value is -1.54. The van der Waals surface area contributed by atoms with Gasteiger partial charge in [-0.2, -0.15) is 0 Å².